The standard InChI is InChI=1S/C21H27N3O4/c1-15-13-17(22-23(15)2)19(26)24-12-10-18(25)21(14-24,20(27)28)11-6-9-16-7-4-3-5-8-16/h3-5,7-8,13,18,25H,6,9-12,14H2,1-2H3,(H,27,28)/t18-,21-/m1/s1. The van der Waals surface area contributed by atoms with Crippen molar-refractivity contribution in [2.45, 2.75) is 38.7 Å². The summed E-state index contributed by atoms with van der Waals surface area (Å²) in [6.45, 7) is 2.17. The zero-order valence-electron chi connectivity index (χ0n) is 16.3. The molecule has 0 aliphatic carbocycles. The lowest BCUT2D eigenvalue weighted by molar-refractivity contribution is -0.162. The molecule has 7 heteroatoms. The SMILES string of the molecule is Cc1cc(C(=O)N2CC[C@@H](O)[C@](CCCc3ccccc3)(C(=O)O)C2)nn1C. The van der Waals surface area contributed by atoms with E-state index in [9.17, 15) is 19.8 Å². The molecule has 0 spiro atoms. The summed E-state index contributed by atoms with van der Waals surface area (Å²) in [5.74, 6) is -1.34. The van der Waals surface area contributed by atoms with Crippen LogP contribution in [0.1, 0.15) is 41.0 Å². The van der Waals surface area contributed by atoms with Gasteiger partial charge in [0.1, 0.15) is 5.41 Å². The molecule has 2 atom stereocenters. The number of nitrogens with zero attached hydrogens (tertiary/aromatic N) is 3. The van der Waals surface area contributed by atoms with Gasteiger partial charge in [0.15, 0.2) is 5.69 Å². The Morgan fingerprint density at radius 1 is 1.29 bits per heavy atom. The Labute approximate surface area is 164 Å². The molecule has 0 radical (unpaired) electrons. The van der Waals surface area contributed by atoms with Gasteiger partial charge in [-0.1, -0.05) is 30.3 Å². The van der Waals surface area contributed by atoms with Gasteiger partial charge in [-0.05, 0) is 44.2 Å². The van der Waals surface area contributed by atoms with Crippen molar-refractivity contribution in [2.75, 3.05) is 13.1 Å². The van der Waals surface area contributed by atoms with Gasteiger partial charge in [-0.2, -0.15) is 5.10 Å². The minimum absolute atomic E-state index is 0.00720. The molecule has 1 aromatic carbocycles. The molecule has 3 rings (SSSR count). The van der Waals surface area contributed by atoms with E-state index in [1.54, 1.807) is 17.8 Å². The predicted molar refractivity (Wildman–Crippen MR) is 104 cm³/mol. The summed E-state index contributed by atoms with van der Waals surface area (Å²) in [4.78, 5) is 26.5. The maximum atomic E-state index is 12.9. The van der Waals surface area contributed by atoms with E-state index in [1.165, 1.54) is 4.90 Å². The van der Waals surface area contributed by atoms with Crippen LogP contribution in [0, 0.1) is 12.3 Å². The summed E-state index contributed by atoms with van der Waals surface area (Å²) >= 11 is 0. The van der Waals surface area contributed by atoms with Crippen LogP contribution < -0.4 is 0 Å². The lowest BCUT2D eigenvalue weighted by atomic mass is 9.73. The van der Waals surface area contributed by atoms with Crippen LogP contribution in [-0.4, -0.2) is 56.0 Å². The third kappa shape index (κ3) is 3.94. The molecule has 0 unspecified atom stereocenters. The first-order valence-corrected chi connectivity index (χ1v) is 9.59. The highest BCUT2D eigenvalue weighted by molar-refractivity contribution is 5.93. The van der Waals surface area contributed by atoms with Gasteiger partial charge in [0.25, 0.3) is 5.91 Å². The molecule has 150 valence electrons. The number of aliphatic carboxylic acids is 1. The largest absolute Gasteiger partial charge is 0.481 e. The number of carboxylic acids is 1. The summed E-state index contributed by atoms with van der Waals surface area (Å²) in [7, 11) is 1.76. The number of carbonyl (C=O) groups excluding carboxylic acids is 1. The van der Waals surface area contributed by atoms with Crippen LogP contribution in [0.15, 0.2) is 36.4 Å². The summed E-state index contributed by atoms with van der Waals surface area (Å²) in [6.07, 6.45) is 0.933. The number of aliphatic hydroxyl groups is 1. The number of carbonyl (C=O) groups is 2. The van der Waals surface area contributed by atoms with Crippen molar-refractivity contribution in [1.29, 1.82) is 0 Å². The Morgan fingerprint density at radius 2 is 2.00 bits per heavy atom. The molecule has 1 amide bonds. The van der Waals surface area contributed by atoms with Gasteiger partial charge in [0, 0.05) is 25.8 Å². The Morgan fingerprint density at radius 3 is 2.61 bits per heavy atom. The second-order valence-electron chi connectivity index (χ2n) is 7.63. The number of carboxylic acid groups (broad SMARTS) is 1. The van der Waals surface area contributed by atoms with Crippen LogP contribution in [0.4, 0.5) is 0 Å². The summed E-state index contributed by atoms with van der Waals surface area (Å²) < 4.78 is 1.62. The third-order valence-corrected chi connectivity index (χ3v) is 5.76. The summed E-state index contributed by atoms with van der Waals surface area (Å²) in [6, 6.07) is 11.6. The molecular formula is C21H27N3O4. The van der Waals surface area contributed by atoms with Crippen LogP contribution in [-0.2, 0) is 18.3 Å². The number of likely N-dealkylation sites (tertiary alicyclic amines) is 1. The smallest absolute Gasteiger partial charge is 0.314 e. The van der Waals surface area contributed by atoms with E-state index in [0.717, 1.165) is 17.7 Å². The van der Waals surface area contributed by atoms with Gasteiger partial charge < -0.3 is 15.1 Å². The van der Waals surface area contributed by atoms with Crippen molar-refractivity contribution >= 4 is 11.9 Å². The number of rotatable bonds is 6. The average Bonchev–Trinajstić information content (AvgIpc) is 3.02. The fraction of sp³-hybridized carbons (Fsp3) is 0.476. The van der Waals surface area contributed by atoms with E-state index >= 15 is 0 Å². The maximum absolute atomic E-state index is 12.9. The lowest BCUT2D eigenvalue weighted by Crippen LogP contribution is -2.57. The highest BCUT2D eigenvalue weighted by Crippen LogP contribution is 2.36. The average molecular weight is 385 g/mol. The third-order valence-electron chi connectivity index (χ3n) is 5.76. The lowest BCUT2D eigenvalue weighted by Gasteiger charge is -2.43. The minimum atomic E-state index is -1.35. The van der Waals surface area contributed by atoms with Gasteiger partial charge in [-0.3, -0.25) is 14.3 Å². The van der Waals surface area contributed by atoms with Crippen molar-refractivity contribution in [1.82, 2.24) is 14.7 Å². The van der Waals surface area contributed by atoms with Gasteiger partial charge in [-0.25, -0.2) is 0 Å². The van der Waals surface area contributed by atoms with E-state index < -0.39 is 17.5 Å². The molecule has 0 saturated carbocycles. The van der Waals surface area contributed by atoms with Crippen molar-refractivity contribution in [3.63, 3.8) is 0 Å². The van der Waals surface area contributed by atoms with E-state index in [2.05, 4.69) is 5.10 Å². The van der Waals surface area contributed by atoms with E-state index in [4.69, 9.17) is 0 Å². The highest BCUT2D eigenvalue weighted by atomic mass is 16.4. The number of hydrogen-bond donors (Lipinski definition) is 2. The van der Waals surface area contributed by atoms with Gasteiger partial charge >= 0.3 is 5.97 Å². The van der Waals surface area contributed by atoms with Crippen molar-refractivity contribution in [3.8, 4) is 0 Å². The van der Waals surface area contributed by atoms with Gasteiger partial charge in [-0.15, -0.1) is 0 Å². The van der Waals surface area contributed by atoms with Crippen LogP contribution in [0.5, 0.6) is 0 Å². The Bertz CT molecular complexity index is 829. The predicted octanol–water partition coefficient (Wildman–Crippen LogP) is 2.03. The van der Waals surface area contributed by atoms with Crippen molar-refractivity contribution in [2.24, 2.45) is 12.5 Å². The molecule has 2 aromatic rings. The Balaban J connectivity index is 1.74. The molecular weight excluding hydrogens is 358 g/mol. The number of aromatic nitrogens is 2. The second kappa shape index (κ2) is 8.14. The number of piperidine rings is 1. The normalized spacial score (nSPS) is 22.2. The first kappa shape index (κ1) is 20.1. The fourth-order valence-electron chi connectivity index (χ4n) is 3.90. The van der Waals surface area contributed by atoms with E-state index in [0.29, 0.717) is 25.1 Å². The maximum Gasteiger partial charge on any atom is 0.314 e. The number of benzene rings is 1. The zero-order valence-corrected chi connectivity index (χ0v) is 16.3. The topological polar surface area (TPSA) is 95.7 Å². The molecule has 1 saturated heterocycles. The molecule has 2 N–H and O–H groups in total. The van der Waals surface area contributed by atoms with Crippen LogP contribution in [0.2, 0.25) is 0 Å². The zero-order chi connectivity index (χ0) is 20.3. The second-order valence-corrected chi connectivity index (χ2v) is 7.63. The number of amides is 1. The fourth-order valence-corrected chi connectivity index (χ4v) is 3.90. The quantitative estimate of drug-likeness (QED) is 0.793. The molecule has 28 heavy (non-hydrogen) atoms. The first-order valence-electron chi connectivity index (χ1n) is 9.59. The molecule has 1 aliphatic rings. The Hall–Kier alpha value is -2.67. The number of aliphatic hydroxyl groups excluding tert-OH is 1. The molecule has 1 fully saturated rings. The van der Waals surface area contributed by atoms with Crippen LogP contribution in [0.3, 0.4) is 0 Å². The van der Waals surface area contributed by atoms with Gasteiger partial charge in [0.2, 0.25) is 0 Å². The Kier molecular flexibility index (Phi) is 5.84. The highest BCUT2D eigenvalue weighted by Gasteiger charge is 2.49. The van der Waals surface area contributed by atoms with E-state index in [-0.39, 0.29) is 18.9 Å². The molecule has 1 aliphatic heterocycles. The van der Waals surface area contributed by atoms with E-state index in [1.807, 2.05) is 37.3 Å². The number of aryl methyl sites for hydroxylation is 3. The molecule has 1 aromatic heterocycles. The van der Waals surface area contributed by atoms with Gasteiger partial charge in [0.05, 0.1) is 6.10 Å². The number of hydrogen-bond acceptors (Lipinski definition) is 4. The summed E-state index contributed by atoms with van der Waals surface area (Å²) in [5.41, 5.74) is 0.935. The molecule has 2 heterocycles. The van der Waals surface area contributed by atoms with Crippen molar-refractivity contribution in [3.05, 3.63) is 53.3 Å². The van der Waals surface area contributed by atoms with Crippen LogP contribution in [0.25, 0.3) is 0 Å². The molecule has 0 bridgehead atoms. The molecule has 7 nitrogen and oxygen atoms in total. The minimum Gasteiger partial charge on any atom is -0.481 e. The summed E-state index contributed by atoms with van der Waals surface area (Å²) in [5, 5.41) is 24.7. The van der Waals surface area contributed by atoms with Crippen LogP contribution >= 0.6 is 0 Å². The van der Waals surface area contributed by atoms with Crippen molar-refractivity contribution < 1.29 is 19.8 Å². The monoisotopic (exact) mass is 385 g/mol. The first-order chi connectivity index (χ1) is 13.3.